The van der Waals surface area contributed by atoms with Crippen molar-refractivity contribution >= 4 is 33.4 Å². The number of thiophene rings is 1. The second-order valence-electron chi connectivity index (χ2n) is 5.71. The molecule has 7 nitrogen and oxygen atoms in total. The summed E-state index contributed by atoms with van der Waals surface area (Å²) in [4.78, 5) is 27.4. The predicted molar refractivity (Wildman–Crippen MR) is 90.5 cm³/mol. The molecule has 0 saturated carbocycles. The highest BCUT2D eigenvalue weighted by atomic mass is 32.1. The Morgan fingerprint density at radius 1 is 1.54 bits per heavy atom. The van der Waals surface area contributed by atoms with Crippen LogP contribution in [-0.2, 0) is 4.79 Å². The van der Waals surface area contributed by atoms with Crippen molar-refractivity contribution in [1.82, 2.24) is 10.3 Å². The number of pyridine rings is 1. The zero-order chi connectivity index (χ0) is 17.3. The number of nitrogens with zero attached hydrogens (tertiary/aromatic N) is 1. The van der Waals surface area contributed by atoms with Crippen LogP contribution in [0.15, 0.2) is 11.4 Å². The lowest BCUT2D eigenvalue weighted by molar-refractivity contribution is -0.119. The maximum atomic E-state index is 11.5. The van der Waals surface area contributed by atoms with E-state index in [-0.39, 0.29) is 29.3 Å². The van der Waals surface area contributed by atoms with E-state index >= 15 is 0 Å². The second kappa shape index (κ2) is 6.64. The zero-order valence-electron chi connectivity index (χ0n) is 13.5. The standard InChI is InChI=1S/C16H19N3O4S/c1-3-8-4-13(20)18-10(8)6-23-11-7-24-12-5-9(15(17)21)16(22-2)19-14(11)12/h5,7-8,10H,3-4,6H2,1-2H3,(H2,17,21)(H,18,20)/t8-,10-/m1/s1. The molecule has 0 unspecified atom stereocenters. The summed E-state index contributed by atoms with van der Waals surface area (Å²) in [5.74, 6) is 0.554. The SMILES string of the molecule is CC[C@@H]1CC(=O)N[C@@H]1COc1csc2cc(C(N)=O)c(OC)nc12. The topological polar surface area (TPSA) is 104 Å². The first-order chi connectivity index (χ1) is 11.5. The van der Waals surface area contributed by atoms with Gasteiger partial charge in [-0.2, -0.15) is 0 Å². The number of carbonyl (C=O) groups excluding carboxylic acids is 2. The first-order valence-corrected chi connectivity index (χ1v) is 8.59. The summed E-state index contributed by atoms with van der Waals surface area (Å²) in [6.45, 7) is 2.45. The third kappa shape index (κ3) is 3.01. The van der Waals surface area contributed by atoms with Crippen LogP contribution >= 0.6 is 11.3 Å². The van der Waals surface area contributed by atoms with Crippen molar-refractivity contribution in [3.05, 3.63) is 17.0 Å². The first kappa shape index (κ1) is 16.5. The van der Waals surface area contributed by atoms with Crippen molar-refractivity contribution in [3.8, 4) is 11.6 Å². The molecular formula is C16H19N3O4S. The van der Waals surface area contributed by atoms with Gasteiger partial charge in [0.1, 0.15) is 17.7 Å². The maximum Gasteiger partial charge on any atom is 0.254 e. The number of amides is 2. The molecule has 3 heterocycles. The van der Waals surface area contributed by atoms with Crippen LogP contribution in [0.3, 0.4) is 0 Å². The Morgan fingerprint density at radius 2 is 2.33 bits per heavy atom. The quantitative estimate of drug-likeness (QED) is 0.826. The van der Waals surface area contributed by atoms with Gasteiger partial charge in [0.05, 0.1) is 17.9 Å². The van der Waals surface area contributed by atoms with Gasteiger partial charge in [-0.15, -0.1) is 11.3 Å². The number of nitrogens with one attached hydrogen (secondary N) is 1. The molecule has 0 bridgehead atoms. The van der Waals surface area contributed by atoms with Gasteiger partial charge in [0.15, 0.2) is 5.75 Å². The minimum absolute atomic E-state index is 0.00392. The van der Waals surface area contributed by atoms with Crippen molar-refractivity contribution < 1.29 is 19.1 Å². The van der Waals surface area contributed by atoms with Gasteiger partial charge >= 0.3 is 0 Å². The number of rotatable bonds is 6. The maximum absolute atomic E-state index is 11.5. The minimum Gasteiger partial charge on any atom is -0.488 e. The molecule has 1 aliphatic rings. The summed E-state index contributed by atoms with van der Waals surface area (Å²) in [5.41, 5.74) is 6.21. The fourth-order valence-electron chi connectivity index (χ4n) is 2.90. The fourth-order valence-corrected chi connectivity index (χ4v) is 3.76. The molecule has 0 aromatic carbocycles. The molecule has 0 radical (unpaired) electrons. The van der Waals surface area contributed by atoms with Crippen molar-refractivity contribution in [2.24, 2.45) is 11.7 Å². The Balaban J connectivity index is 1.83. The van der Waals surface area contributed by atoms with Crippen LogP contribution in [0.5, 0.6) is 11.6 Å². The molecule has 2 amide bonds. The molecule has 128 valence electrons. The zero-order valence-corrected chi connectivity index (χ0v) is 14.3. The summed E-state index contributed by atoms with van der Waals surface area (Å²) < 4.78 is 11.8. The van der Waals surface area contributed by atoms with Gasteiger partial charge in [-0.25, -0.2) is 4.98 Å². The first-order valence-electron chi connectivity index (χ1n) is 7.71. The predicted octanol–water partition coefficient (Wildman–Crippen LogP) is 1.70. The van der Waals surface area contributed by atoms with E-state index in [9.17, 15) is 9.59 Å². The van der Waals surface area contributed by atoms with Crippen molar-refractivity contribution in [3.63, 3.8) is 0 Å². The van der Waals surface area contributed by atoms with E-state index in [0.717, 1.165) is 11.1 Å². The molecule has 1 aliphatic heterocycles. The number of ether oxygens (including phenoxy) is 2. The van der Waals surface area contributed by atoms with Gasteiger partial charge in [-0.1, -0.05) is 13.3 Å². The number of methoxy groups -OCH3 is 1. The summed E-state index contributed by atoms with van der Waals surface area (Å²) in [7, 11) is 1.44. The van der Waals surface area contributed by atoms with Crippen LogP contribution in [0.25, 0.3) is 10.2 Å². The van der Waals surface area contributed by atoms with Crippen LogP contribution < -0.4 is 20.5 Å². The van der Waals surface area contributed by atoms with Crippen LogP contribution in [0, 0.1) is 5.92 Å². The molecular weight excluding hydrogens is 330 g/mol. The van der Waals surface area contributed by atoms with Crippen LogP contribution in [0.2, 0.25) is 0 Å². The van der Waals surface area contributed by atoms with Crippen molar-refractivity contribution in [1.29, 1.82) is 0 Å². The largest absolute Gasteiger partial charge is 0.488 e. The van der Waals surface area contributed by atoms with E-state index in [1.165, 1.54) is 18.4 Å². The number of hydrogen-bond acceptors (Lipinski definition) is 6. The Morgan fingerprint density at radius 3 is 3.00 bits per heavy atom. The number of nitrogens with two attached hydrogens (primary N) is 1. The van der Waals surface area contributed by atoms with Crippen LogP contribution in [0.4, 0.5) is 0 Å². The highest BCUT2D eigenvalue weighted by molar-refractivity contribution is 7.17. The summed E-state index contributed by atoms with van der Waals surface area (Å²) in [5, 5.41) is 4.78. The highest BCUT2D eigenvalue weighted by Crippen LogP contribution is 2.34. The summed E-state index contributed by atoms with van der Waals surface area (Å²) >= 11 is 1.42. The molecule has 1 fully saturated rings. The normalized spacial score (nSPS) is 20.2. The summed E-state index contributed by atoms with van der Waals surface area (Å²) in [6, 6.07) is 1.66. The van der Waals surface area contributed by atoms with Crippen LogP contribution in [0.1, 0.15) is 30.1 Å². The second-order valence-corrected chi connectivity index (χ2v) is 6.62. The fraction of sp³-hybridized carbons (Fsp3) is 0.438. The molecule has 2 atom stereocenters. The number of fused-ring (bicyclic) bond motifs is 1. The van der Waals surface area contributed by atoms with Crippen molar-refractivity contribution in [2.75, 3.05) is 13.7 Å². The molecule has 8 heteroatoms. The molecule has 24 heavy (non-hydrogen) atoms. The van der Waals surface area contributed by atoms with Crippen molar-refractivity contribution in [2.45, 2.75) is 25.8 Å². The average molecular weight is 349 g/mol. The molecule has 2 aromatic heterocycles. The minimum atomic E-state index is -0.587. The lowest BCUT2D eigenvalue weighted by Gasteiger charge is -2.17. The third-order valence-corrected chi connectivity index (χ3v) is 5.14. The molecule has 0 aliphatic carbocycles. The Bertz CT molecular complexity index is 789. The summed E-state index contributed by atoms with van der Waals surface area (Å²) in [6.07, 6.45) is 1.47. The lowest BCUT2D eigenvalue weighted by Crippen LogP contribution is -2.34. The van der Waals surface area contributed by atoms with Gasteiger partial charge in [-0.3, -0.25) is 9.59 Å². The number of aromatic nitrogens is 1. The molecule has 3 N–H and O–H groups in total. The molecule has 1 saturated heterocycles. The van der Waals surface area contributed by atoms with Gasteiger partial charge in [0, 0.05) is 11.8 Å². The van der Waals surface area contributed by atoms with E-state index in [1.807, 2.05) is 5.38 Å². The van der Waals surface area contributed by atoms with E-state index in [1.54, 1.807) is 6.07 Å². The smallest absolute Gasteiger partial charge is 0.254 e. The Labute approximate surface area is 143 Å². The van der Waals surface area contributed by atoms with Gasteiger partial charge in [0.2, 0.25) is 11.8 Å². The Hall–Kier alpha value is -2.35. The Kier molecular flexibility index (Phi) is 4.57. The van der Waals surface area contributed by atoms with Gasteiger partial charge < -0.3 is 20.5 Å². The molecule has 3 rings (SSSR count). The lowest BCUT2D eigenvalue weighted by atomic mass is 9.98. The molecule has 0 spiro atoms. The van der Waals surface area contributed by atoms with Crippen LogP contribution in [-0.4, -0.2) is 36.6 Å². The number of hydrogen-bond donors (Lipinski definition) is 2. The van der Waals surface area contributed by atoms with Gasteiger partial charge in [-0.05, 0) is 12.0 Å². The number of primary amides is 1. The average Bonchev–Trinajstić information content (AvgIpc) is 3.13. The van der Waals surface area contributed by atoms with E-state index < -0.39 is 5.91 Å². The molecule has 2 aromatic rings. The number of carbonyl (C=O) groups is 2. The highest BCUT2D eigenvalue weighted by Gasteiger charge is 2.31. The van der Waals surface area contributed by atoms with E-state index in [2.05, 4.69) is 17.2 Å². The third-order valence-electron chi connectivity index (χ3n) is 4.24. The van der Waals surface area contributed by atoms with Gasteiger partial charge in [0.25, 0.3) is 5.91 Å². The van der Waals surface area contributed by atoms with E-state index in [4.69, 9.17) is 15.2 Å². The monoisotopic (exact) mass is 349 g/mol. The van der Waals surface area contributed by atoms with E-state index in [0.29, 0.717) is 24.3 Å².